The molecular formula is C10H15NO2. The molecule has 0 aliphatic heterocycles. The molecule has 1 fully saturated rings. The summed E-state index contributed by atoms with van der Waals surface area (Å²) in [6, 6.07) is 1.87. The zero-order valence-electron chi connectivity index (χ0n) is 7.92. The molecule has 1 N–H and O–H groups in total. The maximum absolute atomic E-state index is 11.3. The van der Waals surface area contributed by atoms with Crippen LogP contribution in [0.1, 0.15) is 39.0 Å². The van der Waals surface area contributed by atoms with Crippen molar-refractivity contribution in [1.82, 2.24) is 0 Å². The molecule has 0 unspecified atom stereocenters. The summed E-state index contributed by atoms with van der Waals surface area (Å²) in [6.45, 7) is 1.80. The Balaban J connectivity index is 2.42. The second kappa shape index (κ2) is 3.89. The molecule has 1 aliphatic rings. The SMILES string of the molecule is CC1(O)CCC(C(=O)CC#N)CC1. The van der Waals surface area contributed by atoms with Gasteiger partial charge in [-0.1, -0.05) is 0 Å². The van der Waals surface area contributed by atoms with E-state index >= 15 is 0 Å². The first-order chi connectivity index (χ1) is 6.05. The van der Waals surface area contributed by atoms with E-state index in [4.69, 9.17) is 5.26 Å². The minimum absolute atomic E-state index is 0.0138. The standard InChI is InChI=1S/C10H15NO2/c1-10(13)5-2-8(3-6-10)9(12)4-7-11/h8,13H,2-6H2,1H3. The lowest BCUT2D eigenvalue weighted by atomic mass is 9.78. The van der Waals surface area contributed by atoms with Gasteiger partial charge in [-0.05, 0) is 32.6 Å². The van der Waals surface area contributed by atoms with E-state index in [1.54, 1.807) is 6.92 Å². The number of Topliss-reactive ketones (excluding diaryl/α,β-unsaturated/α-hetero) is 1. The Morgan fingerprint density at radius 2 is 2.15 bits per heavy atom. The summed E-state index contributed by atoms with van der Waals surface area (Å²) in [5.41, 5.74) is -0.594. The highest BCUT2D eigenvalue weighted by molar-refractivity contribution is 5.82. The summed E-state index contributed by atoms with van der Waals surface area (Å²) >= 11 is 0. The van der Waals surface area contributed by atoms with Gasteiger partial charge in [0.05, 0.1) is 18.1 Å². The third-order valence-corrected chi connectivity index (χ3v) is 2.77. The summed E-state index contributed by atoms with van der Waals surface area (Å²) < 4.78 is 0. The lowest BCUT2D eigenvalue weighted by Crippen LogP contribution is -2.32. The fraction of sp³-hybridized carbons (Fsp3) is 0.800. The van der Waals surface area contributed by atoms with E-state index in [2.05, 4.69) is 0 Å². The Morgan fingerprint density at radius 3 is 2.62 bits per heavy atom. The monoisotopic (exact) mass is 181 g/mol. The smallest absolute Gasteiger partial charge is 0.149 e. The fourth-order valence-corrected chi connectivity index (χ4v) is 1.78. The largest absolute Gasteiger partial charge is 0.390 e. The van der Waals surface area contributed by atoms with E-state index in [1.165, 1.54) is 0 Å². The van der Waals surface area contributed by atoms with Crippen molar-refractivity contribution in [3.8, 4) is 6.07 Å². The van der Waals surface area contributed by atoms with Crippen molar-refractivity contribution < 1.29 is 9.90 Å². The predicted octanol–water partition coefficient (Wildman–Crippen LogP) is 1.41. The van der Waals surface area contributed by atoms with Crippen LogP contribution in [0.4, 0.5) is 0 Å². The number of aliphatic hydroxyl groups is 1. The van der Waals surface area contributed by atoms with Gasteiger partial charge in [0, 0.05) is 5.92 Å². The lowest BCUT2D eigenvalue weighted by molar-refractivity contribution is -0.124. The van der Waals surface area contributed by atoms with Crippen molar-refractivity contribution in [2.24, 2.45) is 5.92 Å². The number of ketones is 1. The molecule has 1 aliphatic carbocycles. The zero-order chi connectivity index (χ0) is 9.90. The quantitative estimate of drug-likeness (QED) is 0.700. The number of hydrogen-bond donors (Lipinski definition) is 1. The van der Waals surface area contributed by atoms with E-state index in [9.17, 15) is 9.90 Å². The van der Waals surface area contributed by atoms with Gasteiger partial charge in [-0.15, -0.1) is 0 Å². The first-order valence-corrected chi connectivity index (χ1v) is 4.67. The van der Waals surface area contributed by atoms with Crippen LogP contribution < -0.4 is 0 Å². The minimum Gasteiger partial charge on any atom is -0.390 e. The number of hydrogen-bond acceptors (Lipinski definition) is 3. The molecule has 0 aromatic carbocycles. The van der Waals surface area contributed by atoms with E-state index < -0.39 is 5.60 Å². The van der Waals surface area contributed by atoms with Crippen molar-refractivity contribution in [3.05, 3.63) is 0 Å². The molecular weight excluding hydrogens is 166 g/mol. The van der Waals surface area contributed by atoms with Crippen molar-refractivity contribution in [2.45, 2.75) is 44.6 Å². The van der Waals surface area contributed by atoms with Gasteiger partial charge in [0.25, 0.3) is 0 Å². The predicted molar refractivity (Wildman–Crippen MR) is 47.8 cm³/mol. The van der Waals surface area contributed by atoms with E-state index in [0.29, 0.717) is 12.8 Å². The summed E-state index contributed by atoms with van der Waals surface area (Å²) in [7, 11) is 0. The number of nitrogens with zero attached hydrogens (tertiary/aromatic N) is 1. The van der Waals surface area contributed by atoms with Crippen molar-refractivity contribution in [3.63, 3.8) is 0 Å². The van der Waals surface area contributed by atoms with E-state index in [0.717, 1.165) is 12.8 Å². The molecule has 0 atom stereocenters. The molecule has 3 nitrogen and oxygen atoms in total. The Kier molecular flexibility index (Phi) is 3.05. The Hall–Kier alpha value is -0.880. The van der Waals surface area contributed by atoms with Crippen molar-refractivity contribution in [2.75, 3.05) is 0 Å². The van der Waals surface area contributed by atoms with Gasteiger partial charge in [0.15, 0.2) is 0 Å². The first kappa shape index (κ1) is 10.2. The Bertz CT molecular complexity index is 230. The summed E-state index contributed by atoms with van der Waals surface area (Å²) in [5.74, 6) is 0.0536. The molecule has 3 heteroatoms. The van der Waals surface area contributed by atoms with Gasteiger partial charge in [-0.3, -0.25) is 4.79 Å². The molecule has 0 spiro atoms. The lowest BCUT2D eigenvalue weighted by Gasteiger charge is -2.31. The molecule has 0 amide bonds. The van der Waals surface area contributed by atoms with Crippen LogP contribution in [0.25, 0.3) is 0 Å². The zero-order valence-corrected chi connectivity index (χ0v) is 7.92. The number of rotatable bonds is 2. The number of carbonyl (C=O) groups is 1. The normalized spacial score (nSPS) is 33.8. The van der Waals surface area contributed by atoms with Gasteiger partial charge >= 0.3 is 0 Å². The topological polar surface area (TPSA) is 61.1 Å². The highest BCUT2D eigenvalue weighted by atomic mass is 16.3. The summed E-state index contributed by atoms with van der Waals surface area (Å²) in [6.07, 6.45) is 2.83. The molecule has 0 aromatic heterocycles. The van der Waals surface area contributed by atoms with Crippen LogP contribution in [-0.2, 0) is 4.79 Å². The van der Waals surface area contributed by atoms with E-state index in [1.807, 2.05) is 6.07 Å². The summed E-state index contributed by atoms with van der Waals surface area (Å²) in [5, 5.41) is 18.0. The molecule has 0 aromatic rings. The molecule has 0 radical (unpaired) electrons. The van der Waals surface area contributed by atoms with Gasteiger partial charge in [0.1, 0.15) is 5.78 Å². The van der Waals surface area contributed by atoms with Gasteiger partial charge in [0.2, 0.25) is 0 Å². The van der Waals surface area contributed by atoms with Gasteiger partial charge in [-0.25, -0.2) is 0 Å². The van der Waals surface area contributed by atoms with Crippen molar-refractivity contribution in [1.29, 1.82) is 5.26 Å². The third kappa shape index (κ3) is 2.82. The molecule has 1 rings (SSSR count). The first-order valence-electron chi connectivity index (χ1n) is 4.67. The van der Waals surface area contributed by atoms with Crippen LogP contribution >= 0.6 is 0 Å². The average molecular weight is 181 g/mol. The average Bonchev–Trinajstić information content (AvgIpc) is 2.04. The maximum atomic E-state index is 11.3. The molecule has 0 bridgehead atoms. The maximum Gasteiger partial charge on any atom is 0.149 e. The molecule has 1 saturated carbocycles. The van der Waals surface area contributed by atoms with Crippen LogP contribution in [0.5, 0.6) is 0 Å². The highest BCUT2D eigenvalue weighted by Crippen LogP contribution is 2.32. The molecule has 0 saturated heterocycles. The molecule has 13 heavy (non-hydrogen) atoms. The van der Waals surface area contributed by atoms with Gasteiger partial charge < -0.3 is 5.11 Å². The van der Waals surface area contributed by atoms with Crippen LogP contribution in [0.3, 0.4) is 0 Å². The highest BCUT2D eigenvalue weighted by Gasteiger charge is 2.31. The minimum atomic E-state index is -0.594. The second-order valence-corrected chi connectivity index (χ2v) is 4.07. The van der Waals surface area contributed by atoms with Crippen LogP contribution in [0, 0.1) is 17.2 Å². The number of carbonyl (C=O) groups excluding carboxylic acids is 1. The Labute approximate surface area is 78.4 Å². The Morgan fingerprint density at radius 1 is 1.62 bits per heavy atom. The van der Waals surface area contributed by atoms with E-state index in [-0.39, 0.29) is 18.1 Å². The molecule has 72 valence electrons. The number of nitriles is 1. The second-order valence-electron chi connectivity index (χ2n) is 4.07. The van der Waals surface area contributed by atoms with Crippen LogP contribution in [0.15, 0.2) is 0 Å². The van der Waals surface area contributed by atoms with Crippen LogP contribution in [-0.4, -0.2) is 16.5 Å². The fourth-order valence-electron chi connectivity index (χ4n) is 1.78. The van der Waals surface area contributed by atoms with Gasteiger partial charge in [-0.2, -0.15) is 5.26 Å². The van der Waals surface area contributed by atoms with Crippen LogP contribution in [0.2, 0.25) is 0 Å². The third-order valence-electron chi connectivity index (χ3n) is 2.77. The van der Waals surface area contributed by atoms with Crippen molar-refractivity contribution >= 4 is 5.78 Å². The summed E-state index contributed by atoms with van der Waals surface area (Å²) in [4.78, 5) is 11.3. The molecule has 0 heterocycles.